The van der Waals surface area contributed by atoms with Crippen LogP contribution in [-0.2, 0) is 19.1 Å². The molecule has 8 heteroatoms. The molecule has 0 saturated heterocycles. The van der Waals surface area contributed by atoms with Crippen molar-refractivity contribution >= 4 is 41.2 Å². The van der Waals surface area contributed by atoms with Crippen LogP contribution in [0.25, 0.3) is 6.08 Å². The van der Waals surface area contributed by atoms with E-state index >= 15 is 0 Å². The van der Waals surface area contributed by atoms with E-state index in [9.17, 15) is 14.4 Å². The number of carbonyl (C=O) groups is 3. The fraction of sp³-hybridized carbons (Fsp3) is 0.143. The number of benzene rings is 2. The summed E-state index contributed by atoms with van der Waals surface area (Å²) < 4.78 is 9.67. The first-order valence-electron chi connectivity index (χ1n) is 8.41. The number of esters is 2. The second-order valence-corrected chi connectivity index (χ2v) is 6.23. The van der Waals surface area contributed by atoms with Gasteiger partial charge in [0.15, 0.2) is 6.10 Å². The molecule has 0 saturated carbocycles. The van der Waals surface area contributed by atoms with Crippen LogP contribution in [0.5, 0.6) is 0 Å². The Kier molecular flexibility index (Phi) is 7.52. The molecule has 0 spiro atoms. The average molecular weight is 413 g/mol. The van der Waals surface area contributed by atoms with Crippen LogP contribution in [0.1, 0.15) is 28.4 Å². The number of nitrogens with one attached hydrogen (secondary N) is 1. The highest BCUT2D eigenvalue weighted by molar-refractivity contribution is 6.32. The quantitative estimate of drug-likeness (QED) is 0.574. The fourth-order valence-corrected chi connectivity index (χ4v) is 2.43. The van der Waals surface area contributed by atoms with Gasteiger partial charge in [-0.1, -0.05) is 23.7 Å². The first kappa shape index (κ1) is 21.7. The van der Waals surface area contributed by atoms with E-state index in [0.717, 1.165) is 0 Å². The van der Waals surface area contributed by atoms with Gasteiger partial charge < -0.3 is 14.8 Å². The summed E-state index contributed by atoms with van der Waals surface area (Å²) >= 11 is 5.92. The Morgan fingerprint density at radius 1 is 1.17 bits per heavy atom. The van der Waals surface area contributed by atoms with Crippen molar-refractivity contribution in [1.82, 2.24) is 0 Å². The number of methoxy groups -OCH3 is 1. The summed E-state index contributed by atoms with van der Waals surface area (Å²) in [6, 6.07) is 12.8. The lowest BCUT2D eigenvalue weighted by atomic mass is 10.1. The van der Waals surface area contributed by atoms with E-state index in [2.05, 4.69) is 10.1 Å². The Morgan fingerprint density at radius 3 is 2.45 bits per heavy atom. The predicted octanol–water partition coefficient (Wildman–Crippen LogP) is 3.58. The van der Waals surface area contributed by atoms with Crippen LogP contribution < -0.4 is 5.32 Å². The monoisotopic (exact) mass is 412 g/mol. The molecule has 2 aromatic carbocycles. The largest absolute Gasteiger partial charge is 0.465 e. The number of anilines is 1. The molecule has 0 heterocycles. The molecule has 1 atom stereocenters. The molecule has 2 rings (SSSR count). The minimum atomic E-state index is -1.05. The molecule has 0 aliphatic heterocycles. The lowest BCUT2D eigenvalue weighted by Gasteiger charge is -2.12. The van der Waals surface area contributed by atoms with Gasteiger partial charge in [0.2, 0.25) is 0 Å². The summed E-state index contributed by atoms with van der Waals surface area (Å²) in [7, 11) is 1.29. The maximum Gasteiger partial charge on any atom is 0.337 e. The molecule has 0 unspecified atom stereocenters. The summed E-state index contributed by atoms with van der Waals surface area (Å²) in [6.07, 6.45) is 1.62. The highest BCUT2D eigenvalue weighted by Crippen LogP contribution is 2.20. The second-order valence-electron chi connectivity index (χ2n) is 5.82. The SMILES string of the molecule is COC(=O)c1ccc(/C=C/C(=O)O[C@H](C)C(=O)Nc2ccc(C#N)c(Cl)c2)cc1. The molecular weight excluding hydrogens is 396 g/mol. The molecule has 29 heavy (non-hydrogen) atoms. The second kappa shape index (κ2) is 10.1. The molecule has 0 aliphatic rings. The van der Waals surface area contributed by atoms with Gasteiger partial charge in [0.25, 0.3) is 5.91 Å². The predicted molar refractivity (Wildman–Crippen MR) is 107 cm³/mol. The number of nitriles is 1. The third kappa shape index (κ3) is 6.19. The van der Waals surface area contributed by atoms with Crippen LogP contribution in [0.2, 0.25) is 5.02 Å². The van der Waals surface area contributed by atoms with Gasteiger partial charge in [-0.15, -0.1) is 0 Å². The van der Waals surface area contributed by atoms with Gasteiger partial charge in [0.1, 0.15) is 6.07 Å². The molecule has 0 bridgehead atoms. The van der Waals surface area contributed by atoms with Crippen molar-refractivity contribution in [3.8, 4) is 6.07 Å². The summed E-state index contributed by atoms with van der Waals surface area (Å²) in [5.41, 5.74) is 1.72. The number of carbonyl (C=O) groups excluding carboxylic acids is 3. The van der Waals surface area contributed by atoms with Crippen molar-refractivity contribution < 1.29 is 23.9 Å². The summed E-state index contributed by atoms with van der Waals surface area (Å²) in [5.74, 6) is -1.71. The standard InChI is InChI=1S/C21H17ClN2O5/c1-13(20(26)24-17-9-8-16(12-23)18(22)11-17)29-19(25)10-5-14-3-6-15(7-4-14)21(27)28-2/h3-11,13H,1-2H3,(H,24,26)/b10-5+/t13-/m1/s1. The third-order valence-electron chi connectivity index (χ3n) is 3.76. The van der Waals surface area contributed by atoms with E-state index in [1.807, 2.05) is 6.07 Å². The van der Waals surface area contributed by atoms with Crippen molar-refractivity contribution in [2.24, 2.45) is 0 Å². The zero-order valence-electron chi connectivity index (χ0n) is 15.6. The van der Waals surface area contributed by atoms with Crippen molar-refractivity contribution in [3.05, 3.63) is 70.3 Å². The number of ether oxygens (including phenoxy) is 2. The molecule has 2 aromatic rings. The highest BCUT2D eigenvalue weighted by atomic mass is 35.5. The first-order chi connectivity index (χ1) is 13.8. The molecule has 7 nitrogen and oxygen atoms in total. The first-order valence-corrected chi connectivity index (χ1v) is 8.79. The number of hydrogen-bond donors (Lipinski definition) is 1. The van der Waals surface area contributed by atoms with Crippen LogP contribution in [0.15, 0.2) is 48.5 Å². The normalized spacial score (nSPS) is 11.4. The maximum absolute atomic E-state index is 12.2. The maximum atomic E-state index is 12.2. The molecule has 0 radical (unpaired) electrons. The topological polar surface area (TPSA) is 105 Å². The van der Waals surface area contributed by atoms with E-state index in [-0.39, 0.29) is 10.6 Å². The average Bonchev–Trinajstić information content (AvgIpc) is 2.72. The number of halogens is 1. The number of hydrogen-bond acceptors (Lipinski definition) is 6. The number of amides is 1. The van der Waals surface area contributed by atoms with E-state index in [0.29, 0.717) is 16.8 Å². The Labute approximate surface area is 172 Å². The lowest BCUT2D eigenvalue weighted by molar-refractivity contribution is -0.148. The van der Waals surface area contributed by atoms with Crippen LogP contribution in [0.3, 0.4) is 0 Å². The van der Waals surface area contributed by atoms with Crippen molar-refractivity contribution in [3.63, 3.8) is 0 Å². The summed E-state index contributed by atoms with van der Waals surface area (Å²) in [5, 5.41) is 11.6. The lowest BCUT2D eigenvalue weighted by Crippen LogP contribution is -2.29. The minimum absolute atomic E-state index is 0.205. The Hall–Kier alpha value is -3.63. The van der Waals surface area contributed by atoms with Crippen molar-refractivity contribution in [2.75, 3.05) is 12.4 Å². The smallest absolute Gasteiger partial charge is 0.337 e. The third-order valence-corrected chi connectivity index (χ3v) is 4.08. The van der Waals surface area contributed by atoms with Crippen LogP contribution in [0.4, 0.5) is 5.69 Å². The van der Waals surface area contributed by atoms with Gasteiger partial charge in [-0.05, 0) is 48.9 Å². The fourth-order valence-electron chi connectivity index (χ4n) is 2.21. The van der Waals surface area contributed by atoms with Gasteiger partial charge >= 0.3 is 11.9 Å². The van der Waals surface area contributed by atoms with Gasteiger partial charge in [0.05, 0.1) is 23.3 Å². The highest BCUT2D eigenvalue weighted by Gasteiger charge is 2.17. The molecule has 0 aromatic heterocycles. The van der Waals surface area contributed by atoms with Crippen molar-refractivity contribution in [2.45, 2.75) is 13.0 Å². The molecule has 0 aliphatic carbocycles. The van der Waals surface area contributed by atoms with Gasteiger partial charge in [-0.25, -0.2) is 9.59 Å². The molecule has 0 fully saturated rings. The van der Waals surface area contributed by atoms with Gasteiger partial charge in [-0.3, -0.25) is 4.79 Å². The Bertz CT molecular complexity index is 993. The van der Waals surface area contributed by atoms with Crippen LogP contribution in [-0.4, -0.2) is 31.1 Å². The van der Waals surface area contributed by atoms with E-state index in [1.165, 1.54) is 44.4 Å². The molecule has 1 amide bonds. The van der Waals surface area contributed by atoms with E-state index in [4.69, 9.17) is 21.6 Å². The molecule has 1 N–H and O–H groups in total. The minimum Gasteiger partial charge on any atom is -0.465 e. The van der Waals surface area contributed by atoms with Crippen LogP contribution in [0, 0.1) is 11.3 Å². The zero-order chi connectivity index (χ0) is 21.4. The van der Waals surface area contributed by atoms with Gasteiger partial charge in [-0.2, -0.15) is 5.26 Å². The van der Waals surface area contributed by atoms with Gasteiger partial charge in [0, 0.05) is 11.8 Å². The van der Waals surface area contributed by atoms with Crippen molar-refractivity contribution in [1.29, 1.82) is 5.26 Å². The zero-order valence-corrected chi connectivity index (χ0v) is 16.4. The molecular formula is C21H17ClN2O5. The summed E-state index contributed by atoms with van der Waals surface area (Å²) in [6.45, 7) is 1.43. The van der Waals surface area contributed by atoms with E-state index < -0.39 is 23.9 Å². The molecule has 148 valence electrons. The number of nitrogens with zero attached hydrogens (tertiary/aromatic N) is 1. The van der Waals surface area contributed by atoms with Crippen LogP contribution >= 0.6 is 11.6 Å². The number of rotatable bonds is 6. The Morgan fingerprint density at radius 2 is 1.86 bits per heavy atom. The summed E-state index contributed by atoms with van der Waals surface area (Å²) in [4.78, 5) is 35.5. The Balaban J connectivity index is 1.91. The van der Waals surface area contributed by atoms with E-state index in [1.54, 1.807) is 24.3 Å².